The SMILES string of the molecule is CC12CC=CC=C1C=C(c1ccc(Cl)cc1)N2[C@H](C(=O)Nc1ccc(C(=O)O)cc1C(F)(F)F)C1CCCCC1. The summed E-state index contributed by atoms with van der Waals surface area (Å²) in [6.07, 6.45) is 8.32. The van der Waals surface area contributed by atoms with Crippen molar-refractivity contribution >= 4 is 34.9 Å². The van der Waals surface area contributed by atoms with Crippen LogP contribution in [0.15, 0.2) is 72.3 Å². The number of carboxylic acids is 1. The second-order valence-corrected chi connectivity index (χ2v) is 11.3. The molecule has 210 valence electrons. The molecule has 0 saturated heterocycles. The van der Waals surface area contributed by atoms with Gasteiger partial charge in [0.1, 0.15) is 6.04 Å². The largest absolute Gasteiger partial charge is 0.478 e. The van der Waals surface area contributed by atoms with Crippen molar-refractivity contribution in [3.8, 4) is 0 Å². The lowest BCUT2D eigenvalue weighted by Crippen LogP contribution is -2.56. The normalized spacial score (nSPS) is 21.9. The van der Waals surface area contributed by atoms with Crippen LogP contribution in [0.25, 0.3) is 5.70 Å². The maximum atomic E-state index is 14.2. The highest BCUT2D eigenvalue weighted by Crippen LogP contribution is 2.49. The molecule has 40 heavy (non-hydrogen) atoms. The number of allylic oxidation sites excluding steroid dienone is 2. The Balaban J connectivity index is 1.60. The van der Waals surface area contributed by atoms with Crippen molar-refractivity contribution < 1.29 is 27.9 Å². The Morgan fingerprint density at radius 2 is 1.80 bits per heavy atom. The van der Waals surface area contributed by atoms with Gasteiger partial charge in [0.15, 0.2) is 0 Å². The van der Waals surface area contributed by atoms with Gasteiger partial charge in [0.25, 0.3) is 0 Å². The van der Waals surface area contributed by atoms with Crippen molar-refractivity contribution in [2.24, 2.45) is 5.92 Å². The molecule has 2 atom stereocenters. The van der Waals surface area contributed by atoms with Crippen LogP contribution >= 0.6 is 11.6 Å². The van der Waals surface area contributed by atoms with Crippen molar-refractivity contribution in [2.45, 2.75) is 63.2 Å². The zero-order valence-corrected chi connectivity index (χ0v) is 22.7. The predicted octanol–water partition coefficient (Wildman–Crippen LogP) is 7.95. The molecule has 2 aromatic carbocycles. The Labute approximate surface area is 236 Å². The van der Waals surface area contributed by atoms with Gasteiger partial charge >= 0.3 is 12.1 Å². The van der Waals surface area contributed by atoms with Crippen LogP contribution in [-0.4, -0.2) is 33.5 Å². The molecule has 1 saturated carbocycles. The molecule has 1 heterocycles. The zero-order valence-electron chi connectivity index (χ0n) is 22.0. The fraction of sp³-hybridized carbons (Fsp3) is 0.355. The average Bonchev–Trinajstić information content (AvgIpc) is 3.22. The van der Waals surface area contributed by atoms with E-state index in [1.54, 1.807) is 12.1 Å². The van der Waals surface area contributed by atoms with Crippen molar-refractivity contribution in [1.29, 1.82) is 0 Å². The molecule has 5 rings (SSSR count). The molecule has 3 aliphatic rings. The van der Waals surface area contributed by atoms with Gasteiger partial charge in [-0.05, 0) is 79.6 Å². The number of hydrogen-bond donors (Lipinski definition) is 2. The van der Waals surface area contributed by atoms with Crippen molar-refractivity contribution in [3.63, 3.8) is 0 Å². The van der Waals surface area contributed by atoms with E-state index in [2.05, 4.69) is 23.2 Å². The summed E-state index contributed by atoms with van der Waals surface area (Å²) in [5.74, 6) is -2.10. The van der Waals surface area contributed by atoms with Crippen molar-refractivity contribution in [2.75, 3.05) is 5.32 Å². The van der Waals surface area contributed by atoms with Crippen molar-refractivity contribution in [1.82, 2.24) is 4.90 Å². The van der Waals surface area contributed by atoms with Gasteiger partial charge in [0.05, 0.1) is 22.4 Å². The maximum absolute atomic E-state index is 14.2. The number of hydrogen-bond acceptors (Lipinski definition) is 3. The van der Waals surface area contributed by atoms with E-state index in [0.29, 0.717) is 17.5 Å². The Morgan fingerprint density at radius 3 is 2.45 bits per heavy atom. The van der Waals surface area contributed by atoms with Gasteiger partial charge < -0.3 is 15.3 Å². The summed E-state index contributed by atoms with van der Waals surface area (Å²) in [6, 6.07) is 9.24. The molecule has 2 aromatic rings. The molecule has 5 nitrogen and oxygen atoms in total. The zero-order chi connectivity index (χ0) is 28.7. The lowest BCUT2D eigenvalue weighted by atomic mass is 9.79. The maximum Gasteiger partial charge on any atom is 0.418 e. The summed E-state index contributed by atoms with van der Waals surface area (Å²) in [4.78, 5) is 27.7. The first kappa shape index (κ1) is 28.0. The minimum absolute atomic E-state index is 0.0841. The standard InChI is InChI=1S/C31H30ClF3N2O3/c1-30-16-6-5-9-22(30)18-26(19-10-13-23(32)14-11-19)37(30)27(20-7-3-2-4-8-20)28(38)36-25-15-12-21(29(39)40)17-24(25)31(33,34)35/h5-6,9-15,17-18,20,27H,2-4,7-8,16H2,1H3,(H,36,38)(H,39,40)/t27-,30?/m0/s1. The number of halogens is 4. The third-order valence-electron chi connectivity index (χ3n) is 8.25. The van der Waals surface area contributed by atoms with E-state index >= 15 is 0 Å². The minimum Gasteiger partial charge on any atom is -0.478 e. The van der Waals surface area contributed by atoms with E-state index in [4.69, 9.17) is 11.6 Å². The highest BCUT2D eigenvalue weighted by Gasteiger charge is 2.49. The van der Waals surface area contributed by atoms with Crippen LogP contribution in [0.3, 0.4) is 0 Å². The second-order valence-electron chi connectivity index (χ2n) is 10.8. The van der Waals surface area contributed by atoms with E-state index in [-0.39, 0.29) is 5.92 Å². The molecule has 0 aromatic heterocycles. The third kappa shape index (κ3) is 5.29. The summed E-state index contributed by atoms with van der Waals surface area (Å²) in [5, 5.41) is 12.4. The van der Waals surface area contributed by atoms with Crippen LogP contribution in [0.5, 0.6) is 0 Å². The van der Waals surface area contributed by atoms with Gasteiger partial charge in [-0.1, -0.05) is 61.2 Å². The molecule has 2 N–H and O–H groups in total. The number of aromatic carboxylic acids is 1. The molecule has 0 bridgehead atoms. The van der Waals surface area contributed by atoms with Gasteiger partial charge in [0.2, 0.25) is 5.91 Å². The Hall–Kier alpha value is -3.52. The number of benzene rings is 2. The Kier molecular flexibility index (Phi) is 7.57. The molecule has 0 radical (unpaired) electrons. The summed E-state index contributed by atoms with van der Waals surface area (Å²) in [5.41, 5.74) is -0.0282. The fourth-order valence-electron chi connectivity index (χ4n) is 6.21. The van der Waals surface area contributed by atoms with Crippen molar-refractivity contribution in [3.05, 3.63) is 94.1 Å². The Bertz CT molecular complexity index is 1410. The molecule has 1 amide bonds. The number of nitrogens with one attached hydrogen (secondary N) is 1. The number of fused-ring (bicyclic) bond motifs is 1. The average molecular weight is 571 g/mol. The Morgan fingerprint density at radius 1 is 1.10 bits per heavy atom. The highest BCUT2D eigenvalue weighted by molar-refractivity contribution is 6.30. The monoisotopic (exact) mass is 570 g/mol. The minimum atomic E-state index is -4.85. The number of carbonyl (C=O) groups excluding carboxylic acids is 1. The summed E-state index contributed by atoms with van der Waals surface area (Å²) in [7, 11) is 0. The van der Waals surface area contributed by atoms with Crippen LogP contribution in [0.4, 0.5) is 18.9 Å². The van der Waals surface area contributed by atoms with Crippen LogP contribution < -0.4 is 5.32 Å². The second kappa shape index (κ2) is 10.8. The molecule has 0 spiro atoms. The number of anilines is 1. The van der Waals surface area contributed by atoms with E-state index in [9.17, 15) is 27.9 Å². The van der Waals surface area contributed by atoms with E-state index in [0.717, 1.165) is 61.1 Å². The molecular formula is C31H30ClF3N2O3. The van der Waals surface area contributed by atoms with Crippen LogP contribution in [-0.2, 0) is 11.0 Å². The number of alkyl halides is 3. The molecular weight excluding hydrogens is 541 g/mol. The summed E-state index contributed by atoms with van der Waals surface area (Å²) in [6.45, 7) is 2.06. The van der Waals surface area contributed by atoms with E-state index in [1.165, 1.54) is 0 Å². The van der Waals surface area contributed by atoms with Gasteiger partial charge in [0, 0.05) is 10.7 Å². The molecule has 1 aliphatic heterocycles. The number of carbonyl (C=O) groups is 2. The summed E-state index contributed by atoms with van der Waals surface area (Å²) >= 11 is 6.16. The van der Waals surface area contributed by atoms with Crippen LogP contribution in [0.1, 0.15) is 66.9 Å². The molecule has 1 fully saturated rings. The number of rotatable bonds is 6. The summed E-state index contributed by atoms with van der Waals surface area (Å²) < 4.78 is 42.0. The third-order valence-corrected chi connectivity index (χ3v) is 8.50. The predicted molar refractivity (Wildman–Crippen MR) is 149 cm³/mol. The number of amides is 1. The topological polar surface area (TPSA) is 69.6 Å². The van der Waals surface area contributed by atoms with E-state index < -0.39 is 46.4 Å². The van der Waals surface area contributed by atoms with Gasteiger partial charge in [-0.3, -0.25) is 4.79 Å². The lowest BCUT2D eigenvalue weighted by Gasteiger charge is -2.48. The number of nitrogens with zero attached hydrogens (tertiary/aromatic N) is 1. The van der Waals surface area contributed by atoms with Gasteiger partial charge in [-0.15, -0.1) is 0 Å². The molecule has 1 unspecified atom stereocenters. The first-order valence-electron chi connectivity index (χ1n) is 13.4. The van der Waals surface area contributed by atoms with Crippen LogP contribution in [0.2, 0.25) is 5.02 Å². The smallest absolute Gasteiger partial charge is 0.418 e. The van der Waals surface area contributed by atoms with Gasteiger partial charge in [-0.2, -0.15) is 13.2 Å². The van der Waals surface area contributed by atoms with Gasteiger partial charge in [-0.25, -0.2) is 4.79 Å². The molecule has 9 heteroatoms. The first-order chi connectivity index (χ1) is 19.0. The first-order valence-corrected chi connectivity index (χ1v) is 13.8. The lowest BCUT2D eigenvalue weighted by molar-refractivity contribution is -0.137. The highest BCUT2D eigenvalue weighted by atomic mass is 35.5. The van der Waals surface area contributed by atoms with Crippen LogP contribution in [0, 0.1) is 5.92 Å². The molecule has 2 aliphatic carbocycles. The van der Waals surface area contributed by atoms with E-state index in [1.807, 2.05) is 30.4 Å². The quantitative estimate of drug-likeness (QED) is 0.370. The fourth-order valence-corrected chi connectivity index (χ4v) is 6.34. The number of carboxylic acid groups (broad SMARTS) is 1.